The van der Waals surface area contributed by atoms with E-state index in [1.807, 2.05) is 63.2 Å². The molecule has 0 spiro atoms. The Hall–Kier alpha value is -3.97. The van der Waals surface area contributed by atoms with Crippen LogP contribution in [0.3, 0.4) is 0 Å². The number of rotatable bonds is 4. The quantitative estimate of drug-likeness (QED) is 0.403. The number of carbonyl (C=O) groups is 1. The molecule has 2 aromatic heterocycles. The summed E-state index contributed by atoms with van der Waals surface area (Å²) in [5, 5.41) is 7.78. The van der Waals surface area contributed by atoms with Crippen molar-refractivity contribution in [2.24, 2.45) is 0 Å². The molecule has 0 fully saturated rings. The zero-order valence-electron chi connectivity index (χ0n) is 19.0. The van der Waals surface area contributed by atoms with Crippen molar-refractivity contribution in [2.75, 3.05) is 5.32 Å². The summed E-state index contributed by atoms with van der Waals surface area (Å²) in [6, 6.07) is 18.9. The molecule has 0 aliphatic rings. The minimum atomic E-state index is -0.501. The third kappa shape index (κ3) is 3.84. The Morgan fingerprint density at radius 3 is 2.53 bits per heavy atom. The van der Waals surface area contributed by atoms with Crippen molar-refractivity contribution in [1.82, 2.24) is 19.2 Å². The van der Waals surface area contributed by atoms with Crippen molar-refractivity contribution < 1.29 is 4.79 Å². The van der Waals surface area contributed by atoms with Crippen LogP contribution in [0.4, 0.5) is 5.69 Å². The van der Waals surface area contributed by atoms with Crippen LogP contribution >= 0.6 is 11.6 Å². The number of halogens is 1. The van der Waals surface area contributed by atoms with E-state index in [4.69, 9.17) is 11.6 Å². The van der Waals surface area contributed by atoms with Gasteiger partial charge < -0.3 is 5.32 Å². The van der Waals surface area contributed by atoms with Gasteiger partial charge in [0.2, 0.25) is 11.5 Å². The molecule has 170 valence electrons. The SMILES string of the molecule is Cc1ccc2c(c1)n(Cc1ccccc1C)c(=O)c1nc(C(=O)Nc3ccc(Cl)cc3C)nn12. The molecule has 1 amide bonds. The van der Waals surface area contributed by atoms with Crippen LogP contribution in [0, 0.1) is 20.8 Å². The van der Waals surface area contributed by atoms with Crippen molar-refractivity contribution >= 4 is 39.9 Å². The first kappa shape index (κ1) is 21.9. The summed E-state index contributed by atoms with van der Waals surface area (Å²) < 4.78 is 3.15. The van der Waals surface area contributed by atoms with Crippen LogP contribution in [0.1, 0.15) is 32.9 Å². The number of hydrogen-bond acceptors (Lipinski definition) is 4. The Kier molecular flexibility index (Phi) is 5.42. The summed E-state index contributed by atoms with van der Waals surface area (Å²) in [4.78, 5) is 30.8. The summed E-state index contributed by atoms with van der Waals surface area (Å²) in [6.45, 7) is 6.23. The maximum Gasteiger partial charge on any atom is 0.296 e. The fourth-order valence-electron chi connectivity index (χ4n) is 4.03. The van der Waals surface area contributed by atoms with E-state index < -0.39 is 5.91 Å². The summed E-state index contributed by atoms with van der Waals surface area (Å²) in [5.74, 6) is -0.582. The van der Waals surface area contributed by atoms with E-state index in [-0.39, 0.29) is 17.0 Å². The molecule has 34 heavy (non-hydrogen) atoms. The Bertz CT molecular complexity index is 1650. The fourth-order valence-corrected chi connectivity index (χ4v) is 4.26. The van der Waals surface area contributed by atoms with Gasteiger partial charge in [-0.15, -0.1) is 5.10 Å². The van der Waals surface area contributed by atoms with E-state index in [0.29, 0.717) is 22.8 Å². The maximum absolute atomic E-state index is 13.5. The van der Waals surface area contributed by atoms with Crippen molar-refractivity contribution in [1.29, 1.82) is 0 Å². The number of amides is 1. The number of hydrogen-bond donors (Lipinski definition) is 1. The molecule has 7 nitrogen and oxygen atoms in total. The standard InChI is InChI=1S/C26H22ClN5O2/c1-15-8-11-21-22(12-15)31(14-18-7-5-4-6-16(18)2)26(34)24-29-23(30-32(21)24)25(33)28-20-10-9-19(27)13-17(20)3/h4-13H,14H2,1-3H3,(H,28,33). The zero-order valence-corrected chi connectivity index (χ0v) is 19.7. The molecular weight excluding hydrogens is 450 g/mol. The summed E-state index contributed by atoms with van der Waals surface area (Å²) in [7, 11) is 0. The number of anilines is 1. The highest BCUT2D eigenvalue weighted by Crippen LogP contribution is 2.21. The van der Waals surface area contributed by atoms with Gasteiger partial charge in [0, 0.05) is 10.7 Å². The van der Waals surface area contributed by atoms with Gasteiger partial charge in [-0.3, -0.25) is 14.2 Å². The topological polar surface area (TPSA) is 81.3 Å². The molecule has 0 unspecified atom stereocenters. The van der Waals surface area contributed by atoms with Gasteiger partial charge in [0.15, 0.2) is 0 Å². The number of nitrogens with zero attached hydrogens (tertiary/aromatic N) is 4. The molecular formula is C26H22ClN5O2. The van der Waals surface area contributed by atoms with E-state index in [1.54, 1.807) is 22.8 Å². The average Bonchev–Trinajstić information content (AvgIpc) is 3.25. The molecule has 0 atom stereocenters. The van der Waals surface area contributed by atoms with E-state index in [0.717, 1.165) is 27.8 Å². The molecule has 5 rings (SSSR count). The summed E-state index contributed by atoms with van der Waals surface area (Å²) in [6.07, 6.45) is 0. The number of carbonyl (C=O) groups excluding carboxylic acids is 1. The summed E-state index contributed by atoms with van der Waals surface area (Å²) in [5.41, 5.74) is 5.77. The van der Waals surface area contributed by atoms with Gasteiger partial charge in [-0.05, 0) is 73.4 Å². The lowest BCUT2D eigenvalue weighted by Crippen LogP contribution is -2.24. The third-order valence-electron chi connectivity index (χ3n) is 5.92. The number of benzene rings is 3. The monoisotopic (exact) mass is 471 g/mol. The minimum Gasteiger partial charge on any atom is -0.319 e. The first-order chi connectivity index (χ1) is 16.3. The molecule has 0 bridgehead atoms. The predicted octanol–water partition coefficient (Wildman–Crippen LogP) is 4.92. The van der Waals surface area contributed by atoms with Crippen LogP contribution in [0.5, 0.6) is 0 Å². The van der Waals surface area contributed by atoms with Crippen molar-refractivity contribution in [2.45, 2.75) is 27.3 Å². The van der Waals surface area contributed by atoms with Gasteiger partial charge in [0.05, 0.1) is 17.6 Å². The molecule has 0 aliphatic heterocycles. The lowest BCUT2D eigenvalue weighted by Gasteiger charge is -2.13. The van der Waals surface area contributed by atoms with E-state index in [9.17, 15) is 9.59 Å². The van der Waals surface area contributed by atoms with E-state index in [1.165, 1.54) is 4.52 Å². The highest BCUT2D eigenvalue weighted by Gasteiger charge is 2.20. The van der Waals surface area contributed by atoms with Crippen molar-refractivity contribution in [3.63, 3.8) is 0 Å². The maximum atomic E-state index is 13.5. The first-order valence-corrected chi connectivity index (χ1v) is 11.2. The minimum absolute atomic E-state index is 0.0815. The zero-order chi connectivity index (χ0) is 24.0. The first-order valence-electron chi connectivity index (χ1n) is 10.8. The number of aryl methyl sites for hydroxylation is 3. The molecule has 1 N–H and O–H groups in total. The molecule has 8 heteroatoms. The second-order valence-electron chi connectivity index (χ2n) is 8.39. The van der Waals surface area contributed by atoms with Gasteiger partial charge >= 0.3 is 0 Å². The van der Waals surface area contributed by atoms with Gasteiger partial charge in [0.1, 0.15) is 0 Å². The molecule has 0 saturated carbocycles. The van der Waals surface area contributed by atoms with Crippen LogP contribution < -0.4 is 10.9 Å². The van der Waals surface area contributed by atoms with Crippen LogP contribution in [0.2, 0.25) is 5.02 Å². The van der Waals surface area contributed by atoms with Gasteiger partial charge in [-0.25, -0.2) is 4.52 Å². The van der Waals surface area contributed by atoms with Gasteiger partial charge in [-0.1, -0.05) is 41.9 Å². The van der Waals surface area contributed by atoms with Crippen LogP contribution in [-0.2, 0) is 6.54 Å². The van der Waals surface area contributed by atoms with Crippen molar-refractivity contribution in [3.05, 3.63) is 104 Å². The lowest BCUT2D eigenvalue weighted by atomic mass is 10.1. The molecule has 2 heterocycles. The predicted molar refractivity (Wildman–Crippen MR) is 134 cm³/mol. The van der Waals surface area contributed by atoms with Gasteiger partial charge in [-0.2, -0.15) is 4.98 Å². The number of aromatic nitrogens is 4. The Labute approximate surface area is 200 Å². The highest BCUT2D eigenvalue weighted by atomic mass is 35.5. The molecule has 0 saturated heterocycles. The van der Waals surface area contributed by atoms with E-state index in [2.05, 4.69) is 15.4 Å². The van der Waals surface area contributed by atoms with Crippen LogP contribution in [-0.4, -0.2) is 25.1 Å². The second kappa shape index (κ2) is 8.43. The number of fused-ring (bicyclic) bond motifs is 3. The fraction of sp³-hybridized carbons (Fsp3) is 0.154. The lowest BCUT2D eigenvalue weighted by molar-refractivity contribution is 0.101. The normalized spacial score (nSPS) is 11.3. The Morgan fingerprint density at radius 2 is 1.76 bits per heavy atom. The van der Waals surface area contributed by atoms with Crippen LogP contribution in [0.25, 0.3) is 16.7 Å². The third-order valence-corrected chi connectivity index (χ3v) is 6.16. The Balaban J connectivity index is 1.65. The molecule has 0 aliphatic carbocycles. The largest absolute Gasteiger partial charge is 0.319 e. The van der Waals surface area contributed by atoms with Crippen LogP contribution in [0.15, 0.2) is 65.5 Å². The smallest absolute Gasteiger partial charge is 0.296 e. The van der Waals surface area contributed by atoms with Crippen molar-refractivity contribution in [3.8, 4) is 0 Å². The van der Waals surface area contributed by atoms with E-state index >= 15 is 0 Å². The molecule has 3 aromatic carbocycles. The highest BCUT2D eigenvalue weighted by molar-refractivity contribution is 6.30. The summed E-state index contributed by atoms with van der Waals surface area (Å²) >= 11 is 6.01. The Morgan fingerprint density at radius 1 is 0.971 bits per heavy atom. The average molecular weight is 472 g/mol. The van der Waals surface area contributed by atoms with Gasteiger partial charge in [0.25, 0.3) is 11.5 Å². The second-order valence-corrected chi connectivity index (χ2v) is 8.83. The molecule has 0 radical (unpaired) electrons. The number of nitrogens with one attached hydrogen (secondary N) is 1. The molecule has 5 aromatic rings.